The maximum atomic E-state index is 14.6. The molecule has 1 aromatic heterocycles. The van der Waals surface area contributed by atoms with E-state index in [1.165, 1.54) is 0 Å². The fraction of sp³-hybridized carbons (Fsp3) is 0.0889. The van der Waals surface area contributed by atoms with Gasteiger partial charge in [-0.05, 0) is 45.5 Å². The van der Waals surface area contributed by atoms with Gasteiger partial charge in [-0.2, -0.15) is 0 Å². The van der Waals surface area contributed by atoms with Crippen molar-refractivity contribution in [3.8, 4) is 27.9 Å². The molecule has 0 radical (unpaired) electrons. The molecule has 0 N–H and O–H groups in total. The van der Waals surface area contributed by atoms with Crippen molar-refractivity contribution in [2.24, 2.45) is 0 Å². The zero-order valence-electron chi connectivity index (χ0n) is 27.7. The molecule has 3 heterocycles. The molecule has 6 nitrogen and oxygen atoms in total. The molecule has 0 aliphatic carbocycles. The SMILES string of the molecule is C=CC1(c2ccc(-c3ccccc3)cc2)COC2(O1)c1ccccc1-n1c2nc2cccc(CC(=O)c3ccc(-c4ccccc4)cc3)c2c1=O. The Morgan fingerprint density at radius 3 is 2.00 bits per heavy atom. The molecule has 9 rings (SSSR count). The number of hydrogen-bond donors (Lipinski definition) is 0. The minimum atomic E-state index is -1.46. The largest absolute Gasteiger partial charge is 0.336 e. The first-order valence-electron chi connectivity index (χ1n) is 17.0. The molecule has 0 bridgehead atoms. The van der Waals surface area contributed by atoms with Gasteiger partial charge < -0.3 is 9.47 Å². The lowest BCUT2D eigenvalue weighted by molar-refractivity contribution is -0.159. The molecule has 6 aromatic carbocycles. The Balaban J connectivity index is 1.09. The van der Waals surface area contributed by atoms with E-state index in [2.05, 4.69) is 30.8 Å². The number of carbonyl (C=O) groups is 1. The maximum absolute atomic E-state index is 14.6. The average molecular weight is 665 g/mol. The van der Waals surface area contributed by atoms with Gasteiger partial charge in [0, 0.05) is 17.5 Å². The third kappa shape index (κ3) is 4.91. The van der Waals surface area contributed by atoms with E-state index in [4.69, 9.17) is 14.5 Å². The molecule has 2 atom stereocenters. The number of aromatic nitrogens is 2. The first kappa shape index (κ1) is 30.8. The number of carbonyl (C=O) groups excluding carboxylic acids is 1. The van der Waals surface area contributed by atoms with E-state index in [0.29, 0.717) is 39.1 Å². The highest BCUT2D eigenvalue weighted by molar-refractivity contribution is 6.00. The van der Waals surface area contributed by atoms with Crippen molar-refractivity contribution in [2.75, 3.05) is 6.61 Å². The van der Waals surface area contributed by atoms with Gasteiger partial charge in [-0.15, -0.1) is 0 Å². The van der Waals surface area contributed by atoms with E-state index in [1.54, 1.807) is 16.7 Å². The van der Waals surface area contributed by atoms with Gasteiger partial charge in [0.15, 0.2) is 11.6 Å². The number of nitrogens with zero attached hydrogens (tertiary/aromatic N) is 2. The summed E-state index contributed by atoms with van der Waals surface area (Å²) in [5.74, 6) is -1.20. The summed E-state index contributed by atoms with van der Waals surface area (Å²) in [4.78, 5) is 33.3. The van der Waals surface area contributed by atoms with Crippen molar-refractivity contribution in [1.29, 1.82) is 0 Å². The van der Waals surface area contributed by atoms with Crippen LogP contribution < -0.4 is 5.56 Å². The minimum absolute atomic E-state index is 0.0522. The molecule has 2 aliphatic heterocycles. The molecule has 0 saturated carbocycles. The lowest BCUT2D eigenvalue weighted by Crippen LogP contribution is -2.34. The third-order valence-electron chi connectivity index (χ3n) is 10.1. The van der Waals surface area contributed by atoms with Gasteiger partial charge in [-0.25, -0.2) is 4.98 Å². The molecule has 1 fully saturated rings. The quantitative estimate of drug-likeness (QED) is 0.126. The van der Waals surface area contributed by atoms with Crippen LogP contribution in [-0.4, -0.2) is 21.9 Å². The number of benzene rings is 6. The highest BCUT2D eigenvalue weighted by atomic mass is 16.8. The van der Waals surface area contributed by atoms with Crippen LogP contribution in [0, 0.1) is 0 Å². The molecule has 2 aliphatic rings. The standard InChI is InChI=1S/C45H32N2O4/c1-2-44(36-26-24-33(25-27-36)31-14-7-4-8-15-31)29-50-45(51-44)37-17-9-10-19-39(37)47-42(49)41-35(16-11-18-38(41)46-43(45)47)28-40(48)34-22-20-32(21-23-34)30-12-5-3-6-13-30/h2-27H,1,28-29H2. The molecule has 0 amide bonds. The summed E-state index contributed by atoms with van der Waals surface area (Å²) in [5, 5.41) is 0.395. The van der Waals surface area contributed by atoms with E-state index in [0.717, 1.165) is 27.8 Å². The molecule has 2 unspecified atom stereocenters. The van der Waals surface area contributed by atoms with Crippen LogP contribution in [0.3, 0.4) is 0 Å². The van der Waals surface area contributed by atoms with Crippen LogP contribution >= 0.6 is 0 Å². The van der Waals surface area contributed by atoms with Crippen molar-refractivity contribution in [3.05, 3.63) is 203 Å². The Hall–Kier alpha value is -6.21. The fourth-order valence-corrected chi connectivity index (χ4v) is 7.42. The van der Waals surface area contributed by atoms with Crippen molar-refractivity contribution >= 4 is 16.7 Å². The number of para-hydroxylation sites is 1. The van der Waals surface area contributed by atoms with Crippen molar-refractivity contribution in [2.45, 2.75) is 17.8 Å². The van der Waals surface area contributed by atoms with Crippen LogP contribution in [0.2, 0.25) is 0 Å². The first-order chi connectivity index (χ1) is 25.0. The predicted molar refractivity (Wildman–Crippen MR) is 199 cm³/mol. The Morgan fingerprint density at radius 2 is 1.33 bits per heavy atom. The lowest BCUT2D eigenvalue weighted by Gasteiger charge is -2.29. The van der Waals surface area contributed by atoms with Gasteiger partial charge in [0.25, 0.3) is 11.3 Å². The van der Waals surface area contributed by atoms with E-state index in [-0.39, 0.29) is 24.4 Å². The van der Waals surface area contributed by atoms with Crippen LogP contribution in [0.25, 0.3) is 38.8 Å². The Labute approximate surface area is 294 Å². The summed E-state index contributed by atoms with van der Waals surface area (Å²) in [6.45, 7) is 4.33. The summed E-state index contributed by atoms with van der Waals surface area (Å²) >= 11 is 0. The zero-order valence-corrected chi connectivity index (χ0v) is 27.7. The number of fused-ring (bicyclic) bond motifs is 6. The predicted octanol–water partition coefficient (Wildman–Crippen LogP) is 8.79. The highest BCUT2D eigenvalue weighted by Crippen LogP contribution is 2.53. The third-order valence-corrected chi connectivity index (χ3v) is 10.1. The molecular weight excluding hydrogens is 633 g/mol. The second kappa shape index (κ2) is 12.0. The number of ether oxygens (including phenoxy) is 2. The second-order valence-corrected chi connectivity index (χ2v) is 13.0. The van der Waals surface area contributed by atoms with Crippen LogP contribution in [0.15, 0.2) is 169 Å². The summed E-state index contributed by atoms with van der Waals surface area (Å²) in [6, 6.07) is 49.0. The smallest absolute Gasteiger partial charge is 0.266 e. The number of hydrogen-bond acceptors (Lipinski definition) is 5. The Morgan fingerprint density at radius 1 is 0.725 bits per heavy atom. The topological polar surface area (TPSA) is 70.4 Å². The van der Waals surface area contributed by atoms with Gasteiger partial charge in [0.1, 0.15) is 5.60 Å². The van der Waals surface area contributed by atoms with E-state index < -0.39 is 11.4 Å². The van der Waals surface area contributed by atoms with E-state index in [1.807, 2.05) is 121 Å². The lowest BCUT2D eigenvalue weighted by atomic mass is 9.92. The molecule has 6 heteroatoms. The molecule has 7 aromatic rings. The van der Waals surface area contributed by atoms with Crippen molar-refractivity contribution in [1.82, 2.24) is 9.55 Å². The highest BCUT2D eigenvalue weighted by Gasteiger charge is 2.58. The van der Waals surface area contributed by atoms with Crippen LogP contribution in [0.5, 0.6) is 0 Å². The summed E-state index contributed by atoms with van der Waals surface area (Å²) < 4.78 is 15.3. The number of Topliss-reactive ketones (excluding diaryl/α,β-unsaturated/α-hetero) is 1. The number of rotatable bonds is 7. The van der Waals surface area contributed by atoms with Gasteiger partial charge in [0.2, 0.25) is 0 Å². The summed E-state index contributed by atoms with van der Waals surface area (Å²) in [7, 11) is 0. The molecular formula is C45H32N2O4. The monoisotopic (exact) mass is 664 g/mol. The Bertz CT molecular complexity index is 2530. The summed E-state index contributed by atoms with van der Waals surface area (Å²) in [5.41, 5.74) is 6.89. The van der Waals surface area contributed by atoms with Gasteiger partial charge in [0.05, 0.1) is 23.2 Å². The maximum Gasteiger partial charge on any atom is 0.266 e. The van der Waals surface area contributed by atoms with Crippen LogP contribution in [0.4, 0.5) is 0 Å². The van der Waals surface area contributed by atoms with Crippen LogP contribution in [0.1, 0.15) is 32.9 Å². The van der Waals surface area contributed by atoms with Gasteiger partial charge in [-0.3, -0.25) is 14.2 Å². The average Bonchev–Trinajstić information content (AvgIpc) is 3.72. The van der Waals surface area contributed by atoms with E-state index in [9.17, 15) is 9.59 Å². The Kier molecular flexibility index (Phi) is 7.24. The van der Waals surface area contributed by atoms with Crippen LogP contribution in [-0.2, 0) is 27.3 Å². The first-order valence-corrected chi connectivity index (χ1v) is 17.0. The van der Waals surface area contributed by atoms with Gasteiger partial charge in [-0.1, -0.05) is 152 Å². The van der Waals surface area contributed by atoms with Crippen molar-refractivity contribution in [3.63, 3.8) is 0 Å². The summed E-state index contributed by atoms with van der Waals surface area (Å²) in [6.07, 6.45) is 1.82. The molecule has 1 saturated heterocycles. The fourth-order valence-electron chi connectivity index (χ4n) is 7.42. The normalized spacial score (nSPS) is 18.8. The molecule has 1 spiro atoms. The minimum Gasteiger partial charge on any atom is -0.336 e. The van der Waals surface area contributed by atoms with Gasteiger partial charge >= 0.3 is 0 Å². The van der Waals surface area contributed by atoms with E-state index >= 15 is 0 Å². The zero-order chi connectivity index (χ0) is 34.6. The van der Waals surface area contributed by atoms with Crippen molar-refractivity contribution < 1.29 is 14.3 Å². The number of ketones is 1. The molecule has 51 heavy (non-hydrogen) atoms. The molecule has 246 valence electrons. The second-order valence-electron chi connectivity index (χ2n) is 13.0.